The Bertz CT molecular complexity index is 448. The second kappa shape index (κ2) is 18.3. The Hall–Kier alpha value is 1.83. The van der Waals surface area contributed by atoms with Crippen LogP contribution in [0.1, 0.15) is 5.69 Å². The molecular formula is C21H49NSi5Sn2. The summed E-state index contributed by atoms with van der Waals surface area (Å²) in [6.45, 7) is 35.4. The monoisotopic (exact) mass is 695 g/mol. The largest absolute Gasteiger partial charge is 0.0715 e. The molecule has 1 nitrogen and oxygen atoms in total. The molecule has 0 aliphatic heterocycles. The van der Waals surface area contributed by atoms with Crippen LogP contribution in [-0.2, 0) is 2.68 Å². The van der Waals surface area contributed by atoms with Crippen molar-refractivity contribution in [1.82, 2.24) is 4.98 Å². The van der Waals surface area contributed by atoms with E-state index >= 15 is 0 Å². The average molecular weight is 693 g/mol. The standard InChI is InChI=1S/C12H22NSi2.3C3H9Si.2Sn/c1-14(2,3)12(15(4,5)6)11-9-7-8-10-13-11;3*1-4(2)3;;/h7-10H,1-6H3;3*1-3H3;;. The molecule has 0 saturated heterocycles. The zero-order valence-electron chi connectivity index (χ0n) is 22.3. The van der Waals surface area contributed by atoms with E-state index in [4.69, 9.17) is 0 Å². The summed E-state index contributed by atoms with van der Waals surface area (Å²) < 4.78 is 0.425. The number of aromatic nitrogens is 1. The summed E-state index contributed by atoms with van der Waals surface area (Å²) in [6, 6.07) is 6.40. The summed E-state index contributed by atoms with van der Waals surface area (Å²) in [5.41, 5.74) is 1.35. The predicted molar refractivity (Wildman–Crippen MR) is 154 cm³/mol. The third-order valence-corrected chi connectivity index (χ3v) is 26.4. The maximum Gasteiger partial charge on any atom is 0.0379 e. The fourth-order valence-corrected chi connectivity index (χ4v) is 13.7. The van der Waals surface area contributed by atoms with Gasteiger partial charge in [0.25, 0.3) is 0 Å². The van der Waals surface area contributed by atoms with Crippen molar-refractivity contribution in [3.8, 4) is 0 Å². The van der Waals surface area contributed by atoms with Crippen molar-refractivity contribution in [2.24, 2.45) is 0 Å². The SMILES string of the molecule is C[Si](C)(C)[C]([Sn])(c1ccccn1)[Si](C)(C)C.C[Si](C)C.C[Si](C)C.C[Si](C)C.[Sn]. The third kappa shape index (κ3) is 20.2. The summed E-state index contributed by atoms with van der Waals surface area (Å²) in [7, 11) is -2.13. The van der Waals surface area contributed by atoms with Gasteiger partial charge in [0.05, 0.1) is 0 Å². The van der Waals surface area contributed by atoms with Crippen LogP contribution < -0.4 is 0 Å². The minimum absolute atomic E-state index is 0. The molecule has 0 fully saturated rings. The molecule has 166 valence electrons. The molecule has 1 heterocycles. The molecular weight excluding hydrogens is 644 g/mol. The van der Waals surface area contributed by atoms with Gasteiger partial charge in [-0.1, -0.05) is 58.9 Å². The number of rotatable bonds is 3. The molecule has 10 radical (unpaired) electrons. The van der Waals surface area contributed by atoms with E-state index in [1.165, 1.54) is 5.69 Å². The van der Waals surface area contributed by atoms with Crippen molar-refractivity contribution in [1.29, 1.82) is 0 Å². The van der Waals surface area contributed by atoms with Gasteiger partial charge in [-0.2, -0.15) is 0 Å². The Morgan fingerprint density at radius 3 is 1.14 bits per heavy atom. The summed E-state index contributed by atoms with van der Waals surface area (Å²) in [6.07, 6.45) is 1.95. The Balaban J connectivity index is -0.000000199. The fraction of sp³-hybridized carbons (Fsp3) is 0.762. The summed E-state index contributed by atoms with van der Waals surface area (Å²) in [5, 5.41) is 0. The van der Waals surface area contributed by atoms with Gasteiger partial charge in [-0.25, -0.2) is 0 Å². The molecule has 0 atom stereocenters. The van der Waals surface area contributed by atoms with E-state index in [2.05, 4.69) is 115 Å². The van der Waals surface area contributed by atoms with Gasteiger partial charge in [-0.3, -0.25) is 0 Å². The van der Waals surface area contributed by atoms with Gasteiger partial charge in [0.15, 0.2) is 0 Å². The van der Waals surface area contributed by atoms with Crippen LogP contribution in [0.2, 0.25) is 98.2 Å². The predicted octanol–water partition coefficient (Wildman–Crippen LogP) is 6.93. The second-order valence-electron chi connectivity index (χ2n) is 11.0. The molecule has 0 unspecified atom stereocenters. The number of hydrogen-bond acceptors (Lipinski definition) is 1. The molecule has 0 N–H and O–H groups in total. The van der Waals surface area contributed by atoms with E-state index in [9.17, 15) is 0 Å². The van der Waals surface area contributed by atoms with Gasteiger partial charge < -0.3 is 0 Å². The van der Waals surface area contributed by atoms with Gasteiger partial charge in [0.1, 0.15) is 0 Å². The van der Waals surface area contributed by atoms with Gasteiger partial charge >= 0.3 is 116 Å². The Kier molecular flexibility index (Phi) is 24.0. The van der Waals surface area contributed by atoms with Crippen LogP contribution in [0.5, 0.6) is 0 Å². The van der Waals surface area contributed by atoms with Crippen molar-refractivity contribution < 1.29 is 0 Å². The molecule has 1 rings (SSSR count). The first-order valence-electron chi connectivity index (χ1n) is 10.3. The van der Waals surface area contributed by atoms with Crippen molar-refractivity contribution >= 4 is 89.0 Å². The topological polar surface area (TPSA) is 12.9 Å². The van der Waals surface area contributed by atoms with Crippen LogP contribution in [-0.4, -0.2) is 94.0 Å². The fourth-order valence-electron chi connectivity index (χ4n) is 2.48. The summed E-state index contributed by atoms with van der Waals surface area (Å²) >= 11 is 1.66. The molecule has 1 aromatic heterocycles. The Morgan fingerprint density at radius 2 is 0.966 bits per heavy atom. The quantitative estimate of drug-likeness (QED) is 0.313. The Labute approximate surface area is 222 Å². The molecule has 0 aliphatic rings. The van der Waals surface area contributed by atoms with E-state index in [0.29, 0.717) is 2.68 Å². The molecule has 29 heavy (non-hydrogen) atoms. The number of pyridine rings is 1. The first-order chi connectivity index (χ1) is 12.3. The van der Waals surface area contributed by atoms with Gasteiger partial charge in [0.2, 0.25) is 0 Å². The molecule has 0 saturated carbocycles. The Morgan fingerprint density at radius 1 is 0.690 bits per heavy atom. The molecule has 0 aliphatic carbocycles. The van der Waals surface area contributed by atoms with E-state index in [1.807, 2.05) is 12.3 Å². The molecule has 8 heteroatoms. The van der Waals surface area contributed by atoms with E-state index in [-0.39, 0.29) is 50.3 Å². The van der Waals surface area contributed by atoms with E-state index in [1.54, 1.807) is 22.5 Å². The molecule has 0 spiro atoms. The van der Waals surface area contributed by atoms with Crippen LogP contribution in [0.3, 0.4) is 0 Å². The van der Waals surface area contributed by atoms with Crippen molar-refractivity contribution in [2.45, 2.75) is 101 Å². The first-order valence-corrected chi connectivity index (χ1v) is 27.7. The zero-order valence-corrected chi connectivity index (χ0v) is 33.0. The van der Waals surface area contributed by atoms with Crippen LogP contribution in [0.4, 0.5) is 0 Å². The smallest absolute Gasteiger partial charge is 0.0379 e. The maximum atomic E-state index is 4.68. The maximum absolute atomic E-state index is 4.68. The minimum atomic E-state index is -1.25. The number of hydrogen-bond donors (Lipinski definition) is 0. The van der Waals surface area contributed by atoms with Gasteiger partial charge in [-0.05, 0) is 0 Å². The van der Waals surface area contributed by atoms with Crippen molar-refractivity contribution in [3.05, 3.63) is 30.1 Å². The normalized spacial score (nSPS) is 11.4. The average Bonchev–Trinajstić information content (AvgIpc) is 2.43. The van der Waals surface area contributed by atoms with E-state index in [0.717, 1.165) is 0 Å². The van der Waals surface area contributed by atoms with Gasteiger partial charge in [-0.15, -0.1) is 0 Å². The number of nitrogens with zero attached hydrogens (tertiary/aromatic N) is 1. The molecule has 0 aromatic carbocycles. The first kappa shape index (κ1) is 38.1. The zero-order chi connectivity index (χ0) is 23.3. The van der Waals surface area contributed by atoms with E-state index < -0.39 is 16.1 Å². The minimum Gasteiger partial charge on any atom is -0.0715 e. The van der Waals surface area contributed by atoms with Crippen LogP contribution in [0.15, 0.2) is 24.4 Å². The van der Waals surface area contributed by atoms with Crippen LogP contribution in [0, 0.1) is 0 Å². The third-order valence-electron chi connectivity index (χ3n) is 3.30. The summed E-state index contributed by atoms with van der Waals surface area (Å²) in [4.78, 5) is 4.68. The second-order valence-corrected chi connectivity index (χ2v) is 36.0. The van der Waals surface area contributed by atoms with Crippen LogP contribution in [0.25, 0.3) is 0 Å². The summed E-state index contributed by atoms with van der Waals surface area (Å²) in [5.74, 6) is 0. The molecule has 0 amide bonds. The molecule has 1 aromatic rings. The van der Waals surface area contributed by atoms with Gasteiger partial charge in [0, 0.05) is 50.3 Å². The van der Waals surface area contributed by atoms with Crippen molar-refractivity contribution in [2.75, 3.05) is 0 Å². The molecule has 0 bridgehead atoms. The van der Waals surface area contributed by atoms with Crippen LogP contribution >= 0.6 is 0 Å². The van der Waals surface area contributed by atoms with Crippen molar-refractivity contribution in [3.63, 3.8) is 0 Å².